The molecule has 2 amide bonds. The molecule has 0 radical (unpaired) electrons. The minimum absolute atomic E-state index is 0.173. The van der Waals surface area contributed by atoms with E-state index in [-0.39, 0.29) is 9.90 Å². The van der Waals surface area contributed by atoms with Gasteiger partial charge >= 0.3 is 5.97 Å². The summed E-state index contributed by atoms with van der Waals surface area (Å²) >= 11 is 13.3. The number of hydrogen-bond donors (Lipinski definition) is 2. The summed E-state index contributed by atoms with van der Waals surface area (Å²) in [5.41, 5.74) is 4.87. The zero-order chi connectivity index (χ0) is 20.3. The second-order valence-corrected chi connectivity index (χ2v) is 7.61. The van der Waals surface area contributed by atoms with E-state index in [1.165, 1.54) is 6.92 Å². The Labute approximate surface area is 174 Å². The van der Waals surface area contributed by atoms with Gasteiger partial charge in [-0.2, -0.15) is 0 Å². The molecule has 2 N–H and O–H groups in total. The third-order valence-corrected chi connectivity index (χ3v) is 5.64. The number of fused-ring (bicyclic) bond motifs is 1. The van der Waals surface area contributed by atoms with Crippen LogP contribution in [-0.2, 0) is 9.53 Å². The summed E-state index contributed by atoms with van der Waals surface area (Å²) in [7, 11) is 0. The Morgan fingerprint density at radius 1 is 1.04 bits per heavy atom. The van der Waals surface area contributed by atoms with Gasteiger partial charge in [0.2, 0.25) is 0 Å². The van der Waals surface area contributed by atoms with Gasteiger partial charge in [-0.3, -0.25) is 20.4 Å². The number of carbonyl (C=O) groups is 3. The largest absolute Gasteiger partial charge is 0.448 e. The third kappa shape index (κ3) is 4.44. The fraction of sp³-hybridized carbons (Fsp3) is 0.105. The predicted molar refractivity (Wildman–Crippen MR) is 109 cm³/mol. The number of carbonyl (C=O) groups excluding carboxylic acids is 3. The first-order chi connectivity index (χ1) is 13.4. The van der Waals surface area contributed by atoms with E-state index in [1.54, 1.807) is 48.5 Å². The topological polar surface area (TPSA) is 84.5 Å². The zero-order valence-electron chi connectivity index (χ0n) is 14.5. The molecule has 1 heterocycles. The van der Waals surface area contributed by atoms with Crippen molar-refractivity contribution in [2.24, 2.45) is 0 Å². The van der Waals surface area contributed by atoms with Gasteiger partial charge in [0.15, 0.2) is 6.10 Å². The second-order valence-electron chi connectivity index (χ2n) is 5.74. The average Bonchev–Trinajstić information content (AvgIpc) is 3.02. The molecule has 144 valence electrons. The van der Waals surface area contributed by atoms with Crippen LogP contribution >= 0.6 is 34.5 Å². The molecule has 3 rings (SSSR count). The number of esters is 1. The van der Waals surface area contributed by atoms with Crippen LogP contribution in [0.3, 0.4) is 0 Å². The van der Waals surface area contributed by atoms with Crippen LogP contribution < -0.4 is 10.9 Å². The SMILES string of the molecule is C[C@@H](OC(=O)c1sc2cc(Cl)ccc2c1Cl)C(=O)NNC(=O)c1ccccc1. The van der Waals surface area contributed by atoms with E-state index in [0.717, 1.165) is 16.0 Å². The van der Waals surface area contributed by atoms with Crippen LogP contribution in [0.15, 0.2) is 48.5 Å². The molecule has 3 aromatic rings. The van der Waals surface area contributed by atoms with Crippen LogP contribution in [-0.4, -0.2) is 23.9 Å². The molecular formula is C19H14Cl2N2O4S. The molecule has 0 unspecified atom stereocenters. The Bertz CT molecular complexity index is 1050. The van der Waals surface area contributed by atoms with Gasteiger partial charge in [-0.1, -0.05) is 47.5 Å². The fourth-order valence-electron chi connectivity index (χ4n) is 2.32. The van der Waals surface area contributed by atoms with E-state index >= 15 is 0 Å². The number of benzene rings is 2. The molecule has 0 aliphatic carbocycles. The van der Waals surface area contributed by atoms with Crippen LogP contribution in [0.5, 0.6) is 0 Å². The molecule has 9 heteroatoms. The van der Waals surface area contributed by atoms with Crippen molar-refractivity contribution < 1.29 is 19.1 Å². The van der Waals surface area contributed by atoms with Gasteiger partial charge in [-0.25, -0.2) is 4.79 Å². The molecule has 6 nitrogen and oxygen atoms in total. The van der Waals surface area contributed by atoms with E-state index in [1.807, 2.05) is 0 Å². The average molecular weight is 437 g/mol. The molecule has 0 saturated heterocycles. The molecule has 28 heavy (non-hydrogen) atoms. The molecule has 1 atom stereocenters. The van der Waals surface area contributed by atoms with Crippen molar-refractivity contribution in [1.82, 2.24) is 10.9 Å². The lowest BCUT2D eigenvalue weighted by Gasteiger charge is -2.13. The molecule has 0 aliphatic heterocycles. The lowest BCUT2D eigenvalue weighted by molar-refractivity contribution is -0.129. The summed E-state index contributed by atoms with van der Waals surface area (Å²) in [5.74, 6) is -1.91. The van der Waals surface area contributed by atoms with E-state index in [2.05, 4.69) is 10.9 Å². The number of halogens is 2. The van der Waals surface area contributed by atoms with Gasteiger partial charge in [0.05, 0.1) is 5.02 Å². The predicted octanol–water partition coefficient (Wildman–Crippen LogP) is 4.21. The Morgan fingerprint density at radius 2 is 1.75 bits per heavy atom. The highest BCUT2D eigenvalue weighted by Gasteiger charge is 2.24. The maximum atomic E-state index is 12.4. The summed E-state index contributed by atoms with van der Waals surface area (Å²) in [4.78, 5) is 36.6. The first-order valence-electron chi connectivity index (χ1n) is 8.10. The highest BCUT2D eigenvalue weighted by atomic mass is 35.5. The van der Waals surface area contributed by atoms with Crippen molar-refractivity contribution in [3.8, 4) is 0 Å². The van der Waals surface area contributed by atoms with E-state index < -0.39 is 23.9 Å². The Hall–Kier alpha value is -2.61. The van der Waals surface area contributed by atoms with Gasteiger partial charge in [0.1, 0.15) is 4.88 Å². The quantitative estimate of drug-likeness (QED) is 0.473. The van der Waals surface area contributed by atoms with Crippen LogP contribution in [0.25, 0.3) is 10.1 Å². The zero-order valence-corrected chi connectivity index (χ0v) is 16.8. The van der Waals surface area contributed by atoms with Gasteiger partial charge in [-0.05, 0) is 31.2 Å². The van der Waals surface area contributed by atoms with Crippen LogP contribution in [0, 0.1) is 0 Å². The number of nitrogens with one attached hydrogen (secondary N) is 2. The maximum Gasteiger partial charge on any atom is 0.350 e. The molecule has 0 spiro atoms. The van der Waals surface area contributed by atoms with Crippen molar-refractivity contribution >= 4 is 62.4 Å². The fourth-order valence-corrected chi connectivity index (χ4v) is 3.99. The monoisotopic (exact) mass is 436 g/mol. The molecule has 0 saturated carbocycles. The van der Waals surface area contributed by atoms with Crippen LogP contribution in [0.2, 0.25) is 10.0 Å². The maximum absolute atomic E-state index is 12.4. The minimum atomic E-state index is -1.14. The minimum Gasteiger partial charge on any atom is -0.448 e. The first kappa shape index (κ1) is 20.1. The number of ether oxygens (including phenoxy) is 1. The Balaban J connectivity index is 1.61. The standard InChI is InChI=1S/C19H14Cl2N2O4S/c1-10(17(24)22-23-18(25)11-5-3-2-4-6-11)27-19(26)16-15(21)13-8-7-12(20)9-14(13)28-16/h2-10H,1H3,(H,22,24)(H,23,25)/t10-/m1/s1. The summed E-state index contributed by atoms with van der Waals surface area (Å²) in [5, 5.41) is 1.44. The van der Waals surface area contributed by atoms with Gasteiger partial charge < -0.3 is 4.74 Å². The smallest absolute Gasteiger partial charge is 0.350 e. The summed E-state index contributed by atoms with van der Waals surface area (Å²) in [6.45, 7) is 1.39. The van der Waals surface area contributed by atoms with Crippen molar-refractivity contribution in [1.29, 1.82) is 0 Å². The summed E-state index contributed by atoms with van der Waals surface area (Å²) in [6.07, 6.45) is -1.14. The molecule has 1 aromatic heterocycles. The molecule has 0 fully saturated rings. The number of rotatable bonds is 4. The summed E-state index contributed by atoms with van der Waals surface area (Å²) in [6, 6.07) is 13.4. The van der Waals surface area contributed by atoms with Gasteiger partial charge in [0.25, 0.3) is 11.8 Å². The van der Waals surface area contributed by atoms with Gasteiger partial charge in [0, 0.05) is 20.7 Å². The van der Waals surface area contributed by atoms with Gasteiger partial charge in [-0.15, -0.1) is 11.3 Å². The normalized spacial score (nSPS) is 11.7. The van der Waals surface area contributed by atoms with E-state index in [0.29, 0.717) is 16.0 Å². The Kier molecular flexibility index (Phi) is 6.18. The number of thiophene rings is 1. The highest BCUT2D eigenvalue weighted by Crippen LogP contribution is 2.37. The number of hydrogen-bond acceptors (Lipinski definition) is 5. The Morgan fingerprint density at radius 3 is 2.46 bits per heavy atom. The van der Waals surface area contributed by atoms with Crippen LogP contribution in [0.4, 0.5) is 0 Å². The van der Waals surface area contributed by atoms with Crippen molar-refractivity contribution in [2.45, 2.75) is 13.0 Å². The molecular weight excluding hydrogens is 423 g/mol. The van der Waals surface area contributed by atoms with Crippen LogP contribution in [0.1, 0.15) is 27.0 Å². The number of hydrazine groups is 1. The van der Waals surface area contributed by atoms with Crippen molar-refractivity contribution in [3.05, 3.63) is 69.0 Å². The summed E-state index contributed by atoms with van der Waals surface area (Å²) < 4.78 is 5.90. The van der Waals surface area contributed by atoms with E-state index in [9.17, 15) is 14.4 Å². The lowest BCUT2D eigenvalue weighted by Crippen LogP contribution is -2.46. The molecule has 0 bridgehead atoms. The lowest BCUT2D eigenvalue weighted by atomic mass is 10.2. The third-order valence-electron chi connectivity index (χ3n) is 3.77. The highest BCUT2D eigenvalue weighted by molar-refractivity contribution is 7.21. The van der Waals surface area contributed by atoms with Crippen molar-refractivity contribution in [2.75, 3.05) is 0 Å². The molecule has 0 aliphatic rings. The first-order valence-corrected chi connectivity index (χ1v) is 9.68. The van der Waals surface area contributed by atoms with Crippen molar-refractivity contribution in [3.63, 3.8) is 0 Å². The molecule has 2 aromatic carbocycles. The number of amides is 2. The van der Waals surface area contributed by atoms with E-state index in [4.69, 9.17) is 27.9 Å². The second kappa shape index (κ2) is 8.60.